The van der Waals surface area contributed by atoms with Crippen LogP contribution in [0.4, 0.5) is 11.4 Å². The fourth-order valence-corrected chi connectivity index (χ4v) is 4.73. The molecule has 0 heterocycles. The smallest absolute Gasteiger partial charge is 0.255 e. The highest BCUT2D eigenvalue weighted by atomic mass is 35.5. The molecule has 0 aromatic heterocycles. The van der Waals surface area contributed by atoms with Gasteiger partial charge in [0, 0.05) is 26.9 Å². The Kier molecular flexibility index (Phi) is 7.91. The second kappa shape index (κ2) is 11.3. The number of thioether (sulfide) groups is 1. The van der Waals surface area contributed by atoms with E-state index in [1.165, 1.54) is 11.8 Å². The Hall–Kier alpha value is -3.54. The van der Waals surface area contributed by atoms with Crippen LogP contribution in [0.25, 0.3) is 0 Å². The van der Waals surface area contributed by atoms with Crippen molar-refractivity contribution in [2.75, 3.05) is 10.6 Å². The van der Waals surface area contributed by atoms with Gasteiger partial charge in [-0.3, -0.25) is 9.59 Å². The van der Waals surface area contributed by atoms with Gasteiger partial charge in [-0.05, 0) is 67.4 Å². The van der Waals surface area contributed by atoms with Crippen molar-refractivity contribution in [2.24, 2.45) is 0 Å². The molecule has 176 valence electrons. The lowest BCUT2D eigenvalue weighted by Gasteiger charge is -2.18. The van der Waals surface area contributed by atoms with Crippen molar-refractivity contribution in [3.63, 3.8) is 0 Å². The number of carbonyl (C=O) groups is 2. The van der Waals surface area contributed by atoms with Crippen molar-refractivity contribution in [1.29, 1.82) is 0 Å². The van der Waals surface area contributed by atoms with Crippen LogP contribution in [0.3, 0.4) is 0 Å². The third-order valence-corrected chi connectivity index (χ3v) is 7.09. The first-order chi connectivity index (χ1) is 16.9. The van der Waals surface area contributed by atoms with E-state index in [1.807, 2.05) is 92.7 Å². The number of aryl methyl sites for hydroxylation is 2. The Labute approximate surface area is 214 Å². The van der Waals surface area contributed by atoms with Gasteiger partial charge in [0.25, 0.3) is 5.91 Å². The third kappa shape index (κ3) is 6.53. The van der Waals surface area contributed by atoms with Crippen LogP contribution in [-0.2, 0) is 4.79 Å². The number of hydrogen-bond acceptors (Lipinski definition) is 3. The molecular formula is C29H25ClN2O2S. The summed E-state index contributed by atoms with van der Waals surface area (Å²) in [6, 6.07) is 30.0. The van der Waals surface area contributed by atoms with E-state index in [2.05, 4.69) is 10.6 Å². The lowest BCUT2D eigenvalue weighted by atomic mass is 10.1. The molecule has 1 unspecified atom stereocenters. The largest absolute Gasteiger partial charge is 0.325 e. The summed E-state index contributed by atoms with van der Waals surface area (Å²) in [4.78, 5) is 26.9. The number of rotatable bonds is 7. The number of anilines is 2. The predicted molar refractivity (Wildman–Crippen MR) is 145 cm³/mol. The van der Waals surface area contributed by atoms with Gasteiger partial charge in [0.05, 0.1) is 0 Å². The number of carbonyl (C=O) groups excluding carboxylic acids is 2. The van der Waals surface area contributed by atoms with Gasteiger partial charge in [0.1, 0.15) is 5.25 Å². The zero-order valence-electron chi connectivity index (χ0n) is 19.4. The van der Waals surface area contributed by atoms with Gasteiger partial charge in [0.2, 0.25) is 5.91 Å². The standard InChI is InChI=1S/C29H25ClN2O2S/c1-19-11-14-22(15-12-19)28(33)31-23-9-6-10-25(17-23)35-27(21-7-4-3-5-8-21)29(34)32-24-16-13-20(2)26(30)18-24/h3-18,27H,1-2H3,(H,31,33)(H,32,34). The van der Waals surface area contributed by atoms with Crippen molar-refractivity contribution in [1.82, 2.24) is 0 Å². The average molecular weight is 501 g/mol. The van der Waals surface area contributed by atoms with E-state index in [9.17, 15) is 9.59 Å². The van der Waals surface area contributed by atoms with E-state index in [0.717, 1.165) is 21.6 Å². The quantitative estimate of drug-likeness (QED) is 0.256. The van der Waals surface area contributed by atoms with Crippen molar-refractivity contribution < 1.29 is 9.59 Å². The minimum Gasteiger partial charge on any atom is -0.325 e. The number of nitrogens with one attached hydrogen (secondary N) is 2. The van der Waals surface area contributed by atoms with Gasteiger partial charge in [-0.25, -0.2) is 0 Å². The molecule has 0 aliphatic carbocycles. The Bertz CT molecular complexity index is 1340. The van der Waals surface area contributed by atoms with Crippen molar-refractivity contribution >= 4 is 46.6 Å². The fourth-order valence-electron chi connectivity index (χ4n) is 3.47. The summed E-state index contributed by atoms with van der Waals surface area (Å²) >= 11 is 7.66. The molecule has 4 rings (SSSR count). The maximum Gasteiger partial charge on any atom is 0.255 e. The normalized spacial score (nSPS) is 11.5. The molecule has 6 heteroatoms. The van der Waals surface area contributed by atoms with Crippen LogP contribution in [0.1, 0.15) is 32.3 Å². The molecule has 0 bridgehead atoms. The Morgan fingerprint density at radius 1 is 0.771 bits per heavy atom. The second-order valence-corrected chi connectivity index (χ2v) is 9.80. The lowest BCUT2D eigenvalue weighted by Crippen LogP contribution is -2.19. The number of hydrogen-bond donors (Lipinski definition) is 2. The topological polar surface area (TPSA) is 58.2 Å². The second-order valence-electron chi connectivity index (χ2n) is 8.21. The number of amides is 2. The summed E-state index contributed by atoms with van der Waals surface area (Å²) in [6.07, 6.45) is 0. The molecule has 35 heavy (non-hydrogen) atoms. The van der Waals surface area contributed by atoms with Crippen LogP contribution < -0.4 is 10.6 Å². The Morgan fingerprint density at radius 3 is 2.20 bits per heavy atom. The first kappa shape index (κ1) is 24.6. The van der Waals surface area contributed by atoms with E-state index >= 15 is 0 Å². The molecular weight excluding hydrogens is 476 g/mol. The highest BCUT2D eigenvalue weighted by Crippen LogP contribution is 2.37. The summed E-state index contributed by atoms with van der Waals surface area (Å²) in [5, 5.41) is 6.03. The van der Waals surface area contributed by atoms with Crippen molar-refractivity contribution in [3.8, 4) is 0 Å². The zero-order chi connectivity index (χ0) is 24.8. The summed E-state index contributed by atoms with van der Waals surface area (Å²) in [7, 11) is 0. The van der Waals surface area contributed by atoms with Crippen LogP contribution in [0.15, 0.2) is 102 Å². The van der Waals surface area contributed by atoms with Gasteiger partial charge in [-0.1, -0.05) is 71.8 Å². The van der Waals surface area contributed by atoms with Crippen LogP contribution in [0.5, 0.6) is 0 Å². The molecule has 4 aromatic carbocycles. The molecule has 0 spiro atoms. The van der Waals surface area contributed by atoms with E-state index in [-0.39, 0.29) is 11.8 Å². The molecule has 0 radical (unpaired) electrons. The molecule has 0 aliphatic rings. The van der Waals surface area contributed by atoms with Crippen molar-refractivity contribution in [2.45, 2.75) is 24.0 Å². The zero-order valence-corrected chi connectivity index (χ0v) is 21.0. The maximum absolute atomic E-state index is 13.3. The van der Waals surface area contributed by atoms with Crippen LogP contribution in [-0.4, -0.2) is 11.8 Å². The molecule has 2 N–H and O–H groups in total. The van der Waals surface area contributed by atoms with E-state index in [0.29, 0.717) is 22.0 Å². The SMILES string of the molecule is Cc1ccc(C(=O)Nc2cccc(SC(C(=O)Nc3ccc(C)c(Cl)c3)c3ccccc3)c2)cc1. The van der Waals surface area contributed by atoms with Crippen LogP contribution in [0.2, 0.25) is 5.02 Å². The summed E-state index contributed by atoms with van der Waals surface area (Å²) in [6.45, 7) is 3.90. The molecule has 0 saturated heterocycles. The van der Waals surface area contributed by atoms with E-state index in [4.69, 9.17) is 11.6 Å². The Morgan fingerprint density at radius 2 is 1.49 bits per heavy atom. The summed E-state index contributed by atoms with van der Waals surface area (Å²) < 4.78 is 0. The van der Waals surface area contributed by atoms with E-state index in [1.54, 1.807) is 18.2 Å². The molecule has 0 fully saturated rings. The first-order valence-electron chi connectivity index (χ1n) is 11.2. The molecule has 4 aromatic rings. The molecule has 1 atom stereocenters. The third-order valence-electron chi connectivity index (χ3n) is 5.44. The van der Waals surface area contributed by atoms with Crippen LogP contribution in [0, 0.1) is 13.8 Å². The average Bonchev–Trinajstić information content (AvgIpc) is 2.86. The minimum atomic E-state index is -0.501. The summed E-state index contributed by atoms with van der Waals surface area (Å²) in [5.41, 5.74) is 4.82. The van der Waals surface area contributed by atoms with Gasteiger partial charge in [-0.15, -0.1) is 11.8 Å². The lowest BCUT2D eigenvalue weighted by molar-refractivity contribution is -0.115. The number of halogens is 1. The minimum absolute atomic E-state index is 0.157. The van der Waals surface area contributed by atoms with Gasteiger partial charge in [0.15, 0.2) is 0 Å². The first-order valence-corrected chi connectivity index (χ1v) is 12.4. The monoisotopic (exact) mass is 500 g/mol. The maximum atomic E-state index is 13.3. The molecule has 4 nitrogen and oxygen atoms in total. The van der Waals surface area contributed by atoms with Gasteiger partial charge < -0.3 is 10.6 Å². The molecule has 0 saturated carbocycles. The van der Waals surface area contributed by atoms with Gasteiger partial charge in [-0.2, -0.15) is 0 Å². The van der Waals surface area contributed by atoms with Gasteiger partial charge >= 0.3 is 0 Å². The predicted octanol–water partition coefficient (Wildman–Crippen LogP) is 7.68. The highest BCUT2D eigenvalue weighted by molar-refractivity contribution is 8.00. The molecule has 0 aliphatic heterocycles. The van der Waals surface area contributed by atoms with Crippen molar-refractivity contribution in [3.05, 3.63) is 124 Å². The Balaban J connectivity index is 1.54. The van der Waals surface area contributed by atoms with Crippen LogP contribution >= 0.6 is 23.4 Å². The molecule has 2 amide bonds. The summed E-state index contributed by atoms with van der Waals surface area (Å²) in [5.74, 6) is -0.337. The number of benzene rings is 4. The fraction of sp³-hybridized carbons (Fsp3) is 0.103. The van der Waals surface area contributed by atoms with E-state index < -0.39 is 5.25 Å². The highest BCUT2D eigenvalue weighted by Gasteiger charge is 2.22.